The fourth-order valence-electron chi connectivity index (χ4n) is 2.55. The molecule has 0 amide bonds. The monoisotopic (exact) mass is 334 g/mol. The lowest BCUT2D eigenvalue weighted by atomic mass is 10.2. The average molecular weight is 334 g/mol. The summed E-state index contributed by atoms with van der Waals surface area (Å²) in [5, 5.41) is 6.58. The van der Waals surface area contributed by atoms with Gasteiger partial charge in [0.25, 0.3) is 0 Å². The lowest BCUT2D eigenvalue weighted by Crippen LogP contribution is -2.03. The van der Waals surface area contributed by atoms with E-state index < -0.39 is 0 Å². The smallest absolute Gasteiger partial charge is 0.231 e. The number of aromatic nitrogens is 2. The highest BCUT2D eigenvalue weighted by Gasteiger charge is 2.13. The Kier molecular flexibility index (Phi) is 4.08. The highest BCUT2D eigenvalue weighted by Crippen LogP contribution is 2.32. The number of nitrogens with one attached hydrogen (secondary N) is 2. The average Bonchev–Trinajstić information content (AvgIpc) is 3.10. The second-order valence-corrected chi connectivity index (χ2v) is 5.82. The predicted molar refractivity (Wildman–Crippen MR) is 96.4 cm³/mol. The van der Waals surface area contributed by atoms with Gasteiger partial charge in [-0.3, -0.25) is 0 Å². The van der Waals surface area contributed by atoms with Crippen molar-refractivity contribution in [3.05, 3.63) is 66.0 Å². The summed E-state index contributed by atoms with van der Waals surface area (Å²) in [5.74, 6) is 3.06. The van der Waals surface area contributed by atoms with Crippen molar-refractivity contribution in [2.24, 2.45) is 0 Å². The van der Waals surface area contributed by atoms with Gasteiger partial charge in [0.1, 0.15) is 18.0 Å². The summed E-state index contributed by atoms with van der Waals surface area (Å²) in [4.78, 5) is 8.53. The molecule has 1 aliphatic rings. The zero-order valence-corrected chi connectivity index (χ0v) is 13.8. The van der Waals surface area contributed by atoms with Crippen LogP contribution in [0.1, 0.15) is 11.1 Å². The normalized spacial score (nSPS) is 12.0. The number of anilines is 3. The van der Waals surface area contributed by atoms with E-state index in [1.807, 2.05) is 36.4 Å². The minimum absolute atomic E-state index is 0.284. The van der Waals surface area contributed by atoms with Crippen molar-refractivity contribution in [2.45, 2.75) is 13.5 Å². The van der Waals surface area contributed by atoms with Gasteiger partial charge in [-0.1, -0.05) is 23.8 Å². The van der Waals surface area contributed by atoms with Gasteiger partial charge < -0.3 is 20.1 Å². The largest absolute Gasteiger partial charge is 0.454 e. The number of benzene rings is 2. The summed E-state index contributed by atoms with van der Waals surface area (Å²) in [6.45, 7) is 2.98. The molecule has 2 heterocycles. The first kappa shape index (κ1) is 15.3. The number of hydrogen-bond acceptors (Lipinski definition) is 6. The van der Waals surface area contributed by atoms with Crippen molar-refractivity contribution in [2.75, 3.05) is 17.4 Å². The summed E-state index contributed by atoms with van der Waals surface area (Å²) < 4.78 is 10.7. The molecule has 1 aliphatic heterocycles. The van der Waals surface area contributed by atoms with E-state index in [-0.39, 0.29) is 6.79 Å². The molecule has 2 N–H and O–H groups in total. The zero-order valence-electron chi connectivity index (χ0n) is 13.8. The third-order valence-corrected chi connectivity index (χ3v) is 3.90. The number of rotatable bonds is 5. The Labute approximate surface area is 145 Å². The van der Waals surface area contributed by atoms with Crippen LogP contribution in [-0.2, 0) is 6.54 Å². The lowest BCUT2D eigenvalue weighted by Gasteiger charge is -2.09. The van der Waals surface area contributed by atoms with Gasteiger partial charge in [-0.05, 0) is 36.8 Å². The van der Waals surface area contributed by atoms with Gasteiger partial charge in [-0.15, -0.1) is 0 Å². The van der Waals surface area contributed by atoms with Crippen LogP contribution in [0.3, 0.4) is 0 Å². The van der Waals surface area contributed by atoms with Gasteiger partial charge in [0.05, 0.1) is 0 Å². The van der Waals surface area contributed by atoms with E-state index in [1.54, 1.807) is 6.33 Å². The van der Waals surface area contributed by atoms with Crippen molar-refractivity contribution in [1.82, 2.24) is 9.97 Å². The van der Waals surface area contributed by atoms with Gasteiger partial charge in [0, 0.05) is 18.3 Å². The second kappa shape index (κ2) is 6.68. The lowest BCUT2D eigenvalue weighted by molar-refractivity contribution is 0.174. The molecule has 0 fully saturated rings. The SMILES string of the molecule is Cc1ccc(Nc2cc(NCc3ccc4c(c3)OCO4)ncn2)cc1. The van der Waals surface area contributed by atoms with E-state index in [1.165, 1.54) is 5.56 Å². The maximum absolute atomic E-state index is 5.40. The van der Waals surface area contributed by atoms with Crippen molar-refractivity contribution in [1.29, 1.82) is 0 Å². The summed E-state index contributed by atoms with van der Waals surface area (Å²) in [6.07, 6.45) is 1.54. The Morgan fingerprint density at radius 1 is 0.920 bits per heavy atom. The summed E-state index contributed by atoms with van der Waals surface area (Å²) in [6, 6.07) is 15.9. The van der Waals surface area contributed by atoms with Crippen LogP contribution in [0.25, 0.3) is 0 Å². The summed E-state index contributed by atoms with van der Waals surface area (Å²) in [5.41, 5.74) is 3.31. The minimum Gasteiger partial charge on any atom is -0.454 e. The second-order valence-electron chi connectivity index (χ2n) is 5.82. The molecule has 0 spiro atoms. The molecule has 0 saturated carbocycles. The van der Waals surface area contributed by atoms with Crippen molar-refractivity contribution in [3.8, 4) is 11.5 Å². The van der Waals surface area contributed by atoms with Gasteiger partial charge >= 0.3 is 0 Å². The molecule has 3 aromatic rings. The van der Waals surface area contributed by atoms with E-state index >= 15 is 0 Å². The van der Waals surface area contributed by atoms with Crippen molar-refractivity contribution >= 4 is 17.3 Å². The maximum atomic E-state index is 5.40. The maximum Gasteiger partial charge on any atom is 0.231 e. The molecule has 6 heteroatoms. The van der Waals surface area contributed by atoms with Crippen molar-refractivity contribution < 1.29 is 9.47 Å². The Bertz CT molecular complexity index is 881. The highest BCUT2D eigenvalue weighted by atomic mass is 16.7. The van der Waals surface area contributed by atoms with Crippen LogP contribution in [0.4, 0.5) is 17.3 Å². The van der Waals surface area contributed by atoms with E-state index in [9.17, 15) is 0 Å². The van der Waals surface area contributed by atoms with E-state index in [2.05, 4.69) is 39.7 Å². The van der Waals surface area contributed by atoms with Crippen LogP contribution >= 0.6 is 0 Å². The Hall–Kier alpha value is -3.28. The predicted octanol–water partition coefficient (Wildman–Crippen LogP) is 3.87. The van der Waals surface area contributed by atoms with E-state index in [4.69, 9.17) is 9.47 Å². The molecule has 0 bridgehead atoms. The minimum atomic E-state index is 0.284. The molecule has 6 nitrogen and oxygen atoms in total. The number of fused-ring (bicyclic) bond motifs is 1. The summed E-state index contributed by atoms with van der Waals surface area (Å²) in [7, 11) is 0. The highest BCUT2D eigenvalue weighted by molar-refractivity contribution is 5.59. The fourth-order valence-corrected chi connectivity index (χ4v) is 2.55. The number of hydrogen-bond donors (Lipinski definition) is 2. The van der Waals surface area contributed by atoms with Gasteiger partial charge in [-0.2, -0.15) is 0 Å². The van der Waals surface area contributed by atoms with Crippen LogP contribution in [0, 0.1) is 6.92 Å². The van der Waals surface area contributed by atoms with Crippen LogP contribution in [-0.4, -0.2) is 16.8 Å². The molecule has 25 heavy (non-hydrogen) atoms. The first-order valence-electron chi connectivity index (χ1n) is 8.04. The fraction of sp³-hybridized carbons (Fsp3) is 0.158. The number of aryl methyl sites for hydroxylation is 1. The van der Waals surface area contributed by atoms with Crippen LogP contribution in [0.5, 0.6) is 11.5 Å². The standard InChI is InChI=1S/C19H18N4O2/c1-13-2-5-15(6-3-13)23-19-9-18(21-11-22-19)20-10-14-4-7-16-17(8-14)25-12-24-16/h2-9,11H,10,12H2,1H3,(H2,20,21,22,23). The molecule has 126 valence electrons. The van der Waals surface area contributed by atoms with Gasteiger partial charge in [0.15, 0.2) is 11.5 Å². The van der Waals surface area contributed by atoms with Gasteiger partial charge in [0.2, 0.25) is 6.79 Å². The third-order valence-electron chi connectivity index (χ3n) is 3.90. The third kappa shape index (κ3) is 3.63. The van der Waals surface area contributed by atoms with Crippen LogP contribution in [0.15, 0.2) is 54.9 Å². The molecule has 4 rings (SSSR count). The summed E-state index contributed by atoms with van der Waals surface area (Å²) >= 11 is 0. The van der Waals surface area contributed by atoms with E-state index in [0.29, 0.717) is 6.54 Å². The molecule has 0 unspecified atom stereocenters. The Balaban J connectivity index is 1.42. The zero-order chi connectivity index (χ0) is 17.1. The molecular weight excluding hydrogens is 316 g/mol. The molecule has 2 aromatic carbocycles. The first-order valence-corrected chi connectivity index (χ1v) is 8.04. The Morgan fingerprint density at radius 2 is 1.72 bits per heavy atom. The number of ether oxygens (including phenoxy) is 2. The molecular formula is C19H18N4O2. The van der Waals surface area contributed by atoms with Gasteiger partial charge in [-0.25, -0.2) is 9.97 Å². The Morgan fingerprint density at radius 3 is 2.60 bits per heavy atom. The molecule has 0 saturated heterocycles. The van der Waals surface area contributed by atoms with Crippen LogP contribution < -0.4 is 20.1 Å². The molecule has 0 radical (unpaired) electrons. The number of nitrogens with zero attached hydrogens (tertiary/aromatic N) is 2. The molecule has 0 atom stereocenters. The topological polar surface area (TPSA) is 68.3 Å². The molecule has 0 aliphatic carbocycles. The van der Waals surface area contributed by atoms with E-state index in [0.717, 1.165) is 34.4 Å². The van der Waals surface area contributed by atoms with Crippen LogP contribution in [0.2, 0.25) is 0 Å². The first-order chi connectivity index (χ1) is 12.3. The molecule has 1 aromatic heterocycles. The van der Waals surface area contributed by atoms with Crippen molar-refractivity contribution in [3.63, 3.8) is 0 Å². The quantitative estimate of drug-likeness (QED) is 0.738.